The van der Waals surface area contributed by atoms with Crippen LogP contribution < -0.4 is 0 Å². The first-order valence-electron chi connectivity index (χ1n) is 7.05. The molecule has 1 aliphatic heterocycles. The monoisotopic (exact) mass is 279 g/mol. The third kappa shape index (κ3) is 3.18. The van der Waals surface area contributed by atoms with Gasteiger partial charge in [-0.05, 0) is 25.2 Å². The van der Waals surface area contributed by atoms with E-state index < -0.39 is 12.0 Å². The molecule has 1 aromatic rings. The molecule has 0 saturated carbocycles. The number of amides is 1. The van der Waals surface area contributed by atoms with Crippen LogP contribution in [0.5, 0.6) is 0 Å². The van der Waals surface area contributed by atoms with Gasteiger partial charge in [-0.3, -0.25) is 9.48 Å². The summed E-state index contributed by atoms with van der Waals surface area (Å²) < 4.78 is 1.73. The molecule has 1 saturated heterocycles. The van der Waals surface area contributed by atoms with Gasteiger partial charge in [-0.25, -0.2) is 4.79 Å². The lowest BCUT2D eigenvalue weighted by Gasteiger charge is -2.32. The summed E-state index contributed by atoms with van der Waals surface area (Å²) in [6.07, 6.45) is 5.47. The zero-order valence-electron chi connectivity index (χ0n) is 12.0. The average molecular weight is 279 g/mol. The number of nitrogens with zero attached hydrogens (tertiary/aromatic N) is 3. The maximum atomic E-state index is 12.4. The molecule has 2 heterocycles. The fourth-order valence-corrected chi connectivity index (χ4v) is 2.55. The molecule has 1 amide bonds. The van der Waals surface area contributed by atoms with Crippen molar-refractivity contribution in [3.63, 3.8) is 0 Å². The van der Waals surface area contributed by atoms with Crippen molar-refractivity contribution >= 4 is 11.9 Å². The van der Waals surface area contributed by atoms with Crippen molar-refractivity contribution in [3.8, 4) is 0 Å². The van der Waals surface area contributed by atoms with Crippen molar-refractivity contribution < 1.29 is 14.7 Å². The van der Waals surface area contributed by atoms with Gasteiger partial charge < -0.3 is 10.0 Å². The highest BCUT2D eigenvalue weighted by atomic mass is 16.4. The van der Waals surface area contributed by atoms with Crippen molar-refractivity contribution in [2.45, 2.75) is 45.7 Å². The van der Waals surface area contributed by atoms with Crippen LogP contribution in [0.3, 0.4) is 0 Å². The lowest BCUT2D eigenvalue weighted by atomic mass is 10.0. The average Bonchev–Trinajstić information content (AvgIpc) is 2.85. The van der Waals surface area contributed by atoms with Crippen LogP contribution in [0.2, 0.25) is 0 Å². The van der Waals surface area contributed by atoms with Crippen molar-refractivity contribution in [1.82, 2.24) is 14.7 Å². The molecule has 6 heteroatoms. The van der Waals surface area contributed by atoms with Crippen LogP contribution >= 0.6 is 0 Å². The largest absolute Gasteiger partial charge is 0.480 e. The standard InChI is InChI=1S/C14H21N3O3/c1-10(2)8-16-9-11(7-15-16)13(18)17-6-4-3-5-12(17)14(19)20/h7,9-10,12H,3-6,8H2,1-2H3,(H,19,20). The highest BCUT2D eigenvalue weighted by molar-refractivity contribution is 5.96. The number of carbonyl (C=O) groups is 2. The molecular weight excluding hydrogens is 258 g/mol. The van der Waals surface area contributed by atoms with Gasteiger partial charge in [-0.15, -0.1) is 0 Å². The first-order valence-corrected chi connectivity index (χ1v) is 7.05. The van der Waals surface area contributed by atoms with Crippen molar-refractivity contribution in [2.75, 3.05) is 6.54 Å². The summed E-state index contributed by atoms with van der Waals surface area (Å²) in [6, 6.07) is -0.704. The minimum Gasteiger partial charge on any atom is -0.480 e. The second-order valence-electron chi connectivity index (χ2n) is 5.69. The topological polar surface area (TPSA) is 75.4 Å². The quantitative estimate of drug-likeness (QED) is 0.908. The molecule has 1 fully saturated rings. The second kappa shape index (κ2) is 6.07. The number of carbonyl (C=O) groups excluding carboxylic acids is 1. The Balaban J connectivity index is 2.12. The second-order valence-corrected chi connectivity index (χ2v) is 5.69. The molecule has 2 rings (SSSR count). The van der Waals surface area contributed by atoms with Crippen LogP contribution in [0, 0.1) is 5.92 Å². The molecule has 1 atom stereocenters. The normalized spacial score (nSPS) is 19.4. The maximum absolute atomic E-state index is 12.4. The highest BCUT2D eigenvalue weighted by Gasteiger charge is 2.32. The Labute approximate surface area is 118 Å². The van der Waals surface area contributed by atoms with Gasteiger partial charge in [-0.1, -0.05) is 13.8 Å². The van der Waals surface area contributed by atoms with E-state index in [2.05, 4.69) is 18.9 Å². The number of hydrogen-bond acceptors (Lipinski definition) is 3. The molecule has 0 aromatic carbocycles. The summed E-state index contributed by atoms with van der Waals surface area (Å²) in [5.41, 5.74) is 0.471. The molecule has 110 valence electrons. The molecule has 20 heavy (non-hydrogen) atoms. The summed E-state index contributed by atoms with van der Waals surface area (Å²) in [6.45, 7) is 5.41. The number of likely N-dealkylation sites (tertiary alicyclic amines) is 1. The molecule has 0 spiro atoms. The van der Waals surface area contributed by atoms with E-state index in [1.54, 1.807) is 10.9 Å². The van der Waals surface area contributed by atoms with Crippen molar-refractivity contribution in [1.29, 1.82) is 0 Å². The van der Waals surface area contributed by atoms with Gasteiger partial charge in [-0.2, -0.15) is 5.10 Å². The zero-order chi connectivity index (χ0) is 14.7. The van der Waals surface area contributed by atoms with E-state index in [1.165, 1.54) is 11.1 Å². The molecule has 1 aliphatic rings. The number of aliphatic carboxylic acids is 1. The Morgan fingerprint density at radius 1 is 1.45 bits per heavy atom. The Kier molecular flexibility index (Phi) is 4.42. The van der Waals surface area contributed by atoms with E-state index >= 15 is 0 Å². The van der Waals surface area contributed by atoms with Crippen LogP contribution in [0.4, 0.5) is 0 Å². The molecule has 1 N–H and O–H groups in total. The number of carboxylic acid groups (broad SMARTS) is 1. The van der Waals surface area contributed by atoms with E-state index in [0.29, 0.717) is 24.4 Å². The number of rotatable bonds is 4. The van der Waals surface area contributed by atoms with Gasteiger partial charge in [0.25, 0.3) is 5.91 Å². The predicted molar refractivity (Wildman–Crippen MR) is 73.4 cm³/mol. The van der Waals surface area contributed by atoms with E-state index in [0.717, 1.165) is 19.4 Å². The fraction of sp³-hybridized carbons (Fsp3) is 0.643. The molecule has 0 radical (unpaired) electrons. The SMILES string of the molecule is CC(C)Cn1cc(C(=O)N2CCCCC2C(=O)O)cn1. The van der Waals surface area contributed by atoms with Crippen LogP contribution in [0.1, 0.15) is 43.5 Å². The summed E-state index contributed by atoms with van der Waals surface area (Å²) in [7, 11) is 0. The molecule has 0 bridgehead atoms. The zero-order valence-corrected chi connectivity index (χ0v) is 12.0. The highest BCUT2D eigenvalue weighted by Crippen LogP contribution is 2.20. The first kappa shape index (κ1) is 14.6. The molecule has 0 aliphatic carbocycles. The van der Waals surface area contributed by atoms with Gasteiger partial charge in [0.05, 0.1) is 11.8 Å². The minimum atomic E-state index is -0.923. The Morgan fingerprint density at radius 2 is 2.20 bits per heavy atom. The minimum absolute atomic E-state index is 0.230. The summed E-state index contributed by atoms with van der Waals surface area (Å²) in [4.78, 5) is 25.1. The Morgan fingerprint density at radius 3 is 2.85 bits per heavy atom. The Bertz CT molecular complexity index is 496. The lowest BCUT2D eigenvalue weighted by molar-refractivity contribution is -0.143. The van der Waals surface area contributed by atoms with Gasteiger partial charge in [0.1, 0.15) is 6.04 Å². The number of aromatic nitrogens is 2. The summed E-state index contributed by atoms with van der Waals surface area (Å²) in [5, 5.41) is 13.4. The first-order chi connectivity index (χ1) is 9.49. The van der Waals surface area contributed by atoms with Crippen molar-refractivity contribution in [2.24, 2.45) is 5.92 Å². The molecule has 1 aromatic heterocycles. The van der Waals surface area contributed by atoms with Crippen LogP contribution in [0.25, 0.3) is 0 Å². The van der Waals surface area contributed by atoms with Crippen LogP contribution in [0.15, 0.2) is 12.4 Å². The van der Waals surface area contributed by atoms with Gasteiger partial charge in [0, 0.05) is 19.3 Å². The Hall–Kier alpha value is -1.85. The van der Waals surface area contributed by atoms with E-state index in [4.69, 9.17) is 0 Å². The lowest BCUT2D eigenvalue weighted by Crippen LogP contribution is -2.47. The summed E-state index contributed by atoms with van der Waals surface area (Å²) in [5.74, 6) is -0.709. The van der Waals surface area contributed by atoms with Crippen LogP contribution in [-0.2, 0) is 11.3 Å². The van der Waals surface area contributed by atoms with Crippen molar-refractivity contribution in [3.05, 3.63) is 18.0 Å². The smallest absolute Gasteiger partial charge is 0.326 e. The van der Waals surface area contributed by atoms with E-state index in [1.807, 2.05) is 0 Å². The van der Waals surface area contributed by atoms with Gasteiger partial charge >= 0.3 is 5.97 Å². The predicted octanol–water partition coefficient (Wildman–Crippen LogP) is 1.62. The number of carboxylic acids is 1. The van der Waals surface area contributed by atoms with E-state index in [-0.39, 0.29) is 5.91 Å². The molecule has 6 nitrogen and oxygen atoms in total. The molecule has 1 unspecified atom stereocenters. The number of piperidine rings is 1. The van der Waals surface area contributed by atoms with Crippen LogP contribution in [-0.4, -0.2) is 44.3 Å². The fourth-order valence-electron chi connectivity index (χ4n) is 2.55. The summed E-state index contributed by atoms with van der Waals surface area (Å²) >= 11 is 0. The van der Waals surface area contributed by atoms with E-state index in [9.17, 15) is 14.7 Å². The van der Waals surface area contributed by atoms with Gasteiger partial charge in [0.2, 0.25) is 0 Å². The third-order valence-electron chi connectivity index (χ3n) is 3.48. The third-order valence-corrected chi connectivity index (χ3v) is 3.48. The maximum Gasteiger partial charge on any atom is 0.326 e. The molecular formula is C14H21N3O3. The number of hydrogen-bond donors (Lipinski definition) is 1. The van der Waals surface area contributed by atoms with Gasteiger partial charge in [0.15, 0.2) is 0 Å².